The van der Waals surface area contributed by atoms with Crippen molar-refractivity contribution in [3.05, 3.63) is 22.7 Å². The summed E-state index contributed by atoms with van der Waals surface area (Å²) in [5.74, 6) is 1.60. The molecule has 0 aliphatic rings. The SMILES string of the molecule is CCCCc1nc2c(N)nc(C)c(C)c2n1C=C(C)C.Cl. The van der Waals surface area contributed by atoms with E-state index in [1.54, 1.807) is 0 Å². The van der Waals surface area contributed by atoms with Crippen LogP contribution in [-0.4, -0.2) is 14.5 Å². The lowest BCUT2D eigenvalue weighted by Gasteiger charge is -2.08. The van der Waals surface area contributed by atoms with Gasteiger partial charge in [0.15, 0.2) is 5.82 Å². The van der Waals surface area contributed by atoms with Crippen LogP contribution in [0.4, 0.5) is 5.82 Å². The van der Waals surface area contributed by atoms with Gasteiger partial charge in [0.25, 0.3) is 0 Å². The molecule has 116 valence electrons. The largest absolute Gasteiger partial charge is 0.382 e. The van der Waals surface area contributed by atoms with Gasteiger partial charge in [0.05, 0.1) is 5.52 Å². The summed E-state index contributed by atoms with van der Waals surface area (Å²) in [6, 6.07) is 0. The number of aromatic nitrogens is 3. The number of nitrogen functional groups attached to an aromatic ring is 1. The van der Waals surface area contributed by atoms with E-state index in [0.29, 0.717) is 5.82 Å². The maximum absolute atomic E-state index is 6.06. The second kappa shape index (κ2) is 6.94. The van der Waals surface area contributed by atoms with Crippen LogP contribution >= 0.6 is 12.4 Å². The van der Waals surface area contributed by atoms with Gasteiger partial charge in [-0.2, -0.15) is 0 Å². The van der Waals surface area contributed by atoms with Gasteiger partial charge in [0.2, 0.25) is 0 Å². The maximum atomic E-state index is 6.06. The number of nitrogens with two attached hydrogens (primary N) is 1. The average molecular weight is 309 g/mol. The number of hydrogen-bond acceptors (Lipinski definition) is 3. The first kappa shape index (κ1) is 17.5. The minimum atomic E-state index is 0. The number of aryl methyl sites for hydroxylation is 3. The van der Waals surface area contributed by atoms with E-state index in [4.69, 9.17) is 10.7 Å². The molecule has 2 rings (SSSR count). The third-order valence-corrected chi connectivity index (χ3v) is 3.55. The average Bonchev–Trinajstić information content (AvgIpc) is 2.72. The maximum Gasteiger partial charge on any atom is 0.151 e. The van der Waals surface area contributed by atoms with Crippen LogP contribution < -0.4 is 5.73 Å². The van der Waals surface area contributed by atoms with Crippen LogP contribution in [0.5, 0.6) is 0 Å². The Balaban J connectivity index is 0.00000220. The Morgan fingerprint density at radius 1 is 1.24 bits per heavy atom. The van der Waals surface area contributed by atoms with Gasteiger partial charge in [0.1, 0.15) is 11.3 Å². The summed E-state index contributed by atoms with van der Waals surface area (Å²) in [4.78, 5) is 9.13. The predicted octanol–water partition coefficient (Wildman–Crippen LogP) is 4.28. The van der Waals surface area contributed by atoms with Crippen molar-refractivity contribution in [3.8, 4) is 0 Å². The number of nitrogens with zero attached hydrogens (tertiary/aromatic N) is 3. The number of hydrogen-bond donors (Lipinski definition) is 1. The van der Waals surface area contributed by atoms with E-state index >= 15 is 0 Å². The normalized spacial score (nSPS) is 10.5. The highest BCUT2D eigenvalue weighted by molar-refractivity contribution is 5.90. The van der Waals surface area contributed by atoms with Crippen LogP contribution in [-0.2, 0) is 6.42 Å². The molecule has 4 nitrogen and oxygen atoms in total. The molecule has 2 aromatic heterocycles. The number of unbranched alkanes of at least 4 members (excludes halogenated alkanes) is 1. The Kier molecular flexibility index (Phi) is 5.78. The van der Waals surface area contributed by atoms with E-state index in [0.717, 1.165) is 47.4 Å². The fourth-order valence-electron chi connectivity index (χ4n) is 2.41. The third kappa shape index (κ3) is 3.38. The van der Waals surface area contributed by atoms with E-state index in [9.17, 15) is 0 Å². The van der Waals surface area contributed by atoms with Gasteiger partial charge in [-0.05, 0) is 39.7 Å². The van der Waals surface area contributed by atoms with E-state index in [1.807, 2.05) is 6.92 Å². The number of anilines is 1. The predicted molar refractivity (Wildman–Crippen MR) is 92.9 cm³/mol. The van der Waals surface area contributed by atoms with Gasteiger partial charge in [0, 0.05) is 18.3 Å². The molecule has 0 atom stereocenters. The van der Waals surface area contributed by atoms with Gasteiger partial charge >= 0.3 is 0 Å². The fraction of sp³-hybridized carbons (Fsp3) is 0.500. The van der Waals surface area contributed by atoms with Gasteiger partial charge in [-0.25, -0.2) is 9.97 Å². The number of fused-ring (bicyclic) bond motifs is 1. The zero-order valence-electron chi connectivity index (χ0n) is 13.5. The van der Waals surface area contributed by atoms with E-state index < -0.39 is 0 Å². The fourth-order valence-corrected chi connectivity index (χ4v) is 2.41. The molecule has 0 aromatic carbocycles. The molecule has 2 N–H and O–H groups in total. The highest BCUT2D eigenvalue weighted by Gasteiger charge is 2.16. The van der Waals surface area contributed by atoms with Crippen molar-refractivity contribution in [2.24, 2.45) is 0 Å². The lowest BCUT2D eigenvalue weighted by atomic mass is 10.2. The molecule has 0 spiro atoms. The highest BCUT2D eigenvalue weighted by atomic mass is 35.5. The molecule has 0 bridgehead atoms. The van der Waals surface area contributed by atoms with Crippen molar-refractivity contribution >= 4 is 35.5 Å². The summed E-state index contributed by atoms with van der Waals surface area (Å²) >= 11 is 0. The minimum Gasteiger partial charge on any atom is -0.382 e. The molecule has 21 heavy (non-hydrogen) atoms. The lowest BCUT2D eigenvalue weighted by molar-refractivity contribution is 0.750. The highest BCUT2D eigenvalue weighted by Crippen LogP contribution is 2.27. The molecule has 0 amide bonds. The smallest absolute Gasteiger partial charge is 0.151 e. The number of pyridine rings is 1. The molecule has 0 saturated heterocycles. The van der Waals surface area contributed by atoms with Crippen molar-refractivity contribution in [1.82, 2.24) is 14.5 Å². The van der Waals surface area contributed by atoms with E-state index in [2.05, 4.69) is 43.4 Å². The summed E-state index contributed by atoms with van der Waals surface area (Å²) in [5, 5.41) is 0. The van der Waals surface area contributed by atoms with Crippen LogP contribution in [0.15, 0.2) is 5.57 Å². The van der Waals surface area contributed by atoms with Crippen LogP contribution in [0, 0.1) is 13.8 Å². The number of allylic oxidation sites excluding steroid dienone is 1. The van der Waals surface area contributed by atoms with Crippen molar-refractivity contribution in [3.63, 3.8) is 0 Å². The van der Waals surface area contributed by atoms with E-state index in [1.165, 1.54) is 5.57 Å². The van der Waals surface area contributed by atoms with Crippen molar-refractivity contribution in [2.75, 3.05) is 5.73 Å². The summed E-state index contributed by atoms with van der Waals surface area (Å²) in [6.07, 6.45) is 5.40. The van der Waals surface area contributed by atoms with Crippen molar-refractivity contribution in [1.29, 1.82) is 0 Å². The zero-order chi connectivity index (χ0) is 14.9. The molecular formula is C16H25ClN4. The van der Waals surface area contributed by atoms with Crippen molar-refractivity contribution in [2.45, 2.75) is 53.9 Å². The summed E-state index contributed by atoms with van der Waals surface area (Å²) < 4.78 is 2.20. The van der Waals surface area contributed by atoms with Crippen LogP contribution in [0.2, 0.25) is 0 Å². The molecule has 0 radical (unpaired) electrons. The Morgan fingerprint density at radius 2 is 1.90 bits per heavy atom. The topological polar surface area (TPSA) is 56.7 Å². The number of imidazole rings is 1. The Hall–Kier alpha value is -1.55. The van der Waals surface area contributed by atoms with Gasteiger partial charge < -0.3 is 10.3 Å². The summed E-state index contributed by atoms with van der Waals surface area (Å²) in [7, 11) is 0. The zero-order valence-corrected chi connectivity index (χ0v) is 14.3. The van der Waals surface area contributed by atoms with Crippen LogP contribution in [0.25, 0.3) is 17.2 Å². The van der Waals surface area contributed by atoms with Crippen LogP contribution in [0.3, 0.4) is 0 Å². The monoisotopic (exact) mass is 308 g/mol. The molecule has 0 fully saturated rings. The molecule has 5 heteroatoms. The van der Waals surface area contributed by atoms with Crippen LogP contribution in [0.1, 0.15) is 50.7 Å². The Labute approximate surface area is 132 Å². The van der Waals surface area contributed by atoms with E-state index in [-0.39, 0.29) is 12.4 Å². The molecule has 2 aromatic rings. The first-order valence-corrected chi connectivity index (χ1v) is 7.24. The number of halogens is 1. The lowest BCUT2D eigenvalue weighted by Crippen LogP contribution is -2.00. The van der Waals surface area contributed by atoms with Gasteiger partial charge in [-0.15, -0.1) is 12.4 Å². The van der Waals surface area contributed by atoms with Gasteiger partial charge in [-0.1, -0.05) is 18.9 Å². The molecule has 0 saturated carbocycles. The minimum absolute atomic E-state index is 0. The first-order chi connectivity index (χ1) is 9.45. The van der Waals surface area contributed by atoms with Crippen molar-refractivity contribution < 1.29 is 0 Å². The standard InChI is InChI=1S/C16H24N4.ClH/c1-6-7-8-13-19-14-15(20(13)9-10(2)3)11(4)12(5)18-16(14)17;/h9H,6-8H2,1-5H3,(H2,17,18);1H. The van der Waals surface area contributed by atoms with Gasteiger partial charge in [-0.3, -0.25) is 0 Å². The third-order valence-electron chi connectivity index (χ3n) is 3.55. The molecule has 0 aliphatic heterocycles. The molecule has 0 aliphatic carbocycles. The first-order valence-electron chi connectivity index (χ1n) is 7.24. The summed E-state index contributed by atoms with van der Waals surface area (Å²) in [6.45, 7) is 10.5. The second-order valence-electron chi connectivity index (χ2n) is 5.61. The Morgan fingerprint density at radius 3 is 2.48 bits per heavy atom. The molecule has 2 heterocycles. The Bertz CT molecular complexity index is 667. The summed E-state index contributed by atoms with van der Waals surface area (Å²) in [5.41, 5.74) is 11.4. The molecular weight excluding hydrogens is 284 g/mol. The second-order valence-corrected chi connectivity index (χ2v) is 5.61. The quantitative estimate of drug-likeness (QED) is 0.917. The number of rotatable bonds is 4. The molecule has 0 unspecified atom stereocenters.